The third kappa shape index (κ3) is 4.83. The van der Waals surface area contributed by atoms with Crippen molar-refractivity contribution in [2.24, 2.45) is 0 Å². The number of fused-ring (bicyclic) bond motifs is 1. The summed E-state index contributed by atoms with van der Waals surface area (Å²) in [5.41, 5.74) is 7.94. The minimum atomic E-state index is -4.49. The molecule has 4 rings (SSSR count). The maximum Gasteiger partial charge on any atom is 0.416 e. The van der Waals surface area contributed by atoms with Gasteiger partial charge in [-0.2, -0.15) is 13.2 Å². The first kappa shape index (κ1) is 21.6. The van der Waals surface area contributed by atoms with Crippen LogP contribution in [0.1, 0.15) is 43.9 Å². The number of thiophene rings is 1. The lowest BCUT2D eigenvalue weighted by atomic mass is 9.95. The van der Waals surface area contributed by atoms with Gasteiger partial charge in [0.15, 0.2) is 5.78 Å². The molecule has 0 saturated heterocycles. The molecule has 0 unspecified atom stereocenters. The van der Waals surface area contributed by atoms with Gasteiger partial charge in [0.1, 0.15) is 0 Å². The Hall–Kier alpha value is -2.64. The van der Waals surface area contributed by atoms with Crippen molar-refractivity contribution >= 4 is 22.1 Å². The Kier molecular flexibility index (Phi) is 6.16. The minimum absolute atomic E-state index is 0.0208. The molecular formula is C24H23F3N2OS. The number of aryl methyl sites for hydroxylation is 1. The molecule has 3 nitrogen and oxygen atoms in total. The molecule has 2 heterocycles. The van der Waals surface area contributed by atoms with Crippen LogP contribution in [0.25, 0.3) is 0 Å². The van der Waals surface area contributed by atoms with Gasteiger partial charge in [0.05, 0.1) is 16.1 Å². The highest BCUT2D eigenvalue weighted by molar-refractivity contribution is 7.16. The van der Waals surface area contributed by atoms with Crippen LogP contribution in [-0.2, 0) is 25.6 Å². The summed E-state index contributed by atoms with van der Waals surface area (Å²) >= 11 is 1.38. The summed E-state index contributed by atoms with van der Waals surface area (Å²) in [5.74, 6) is -0.432. The first-order chi connectivity index (χ1) is 14.8. The largest absolute Gasteiger partial charge is 0.416 e. The molecule has 7 heteroatoms. The van der Waals surface area contributed by atoms with Gasteiger partial charge < -0.3 is 5.73 Å². The van der Waals surface area contributed by atoms with Gasteiger partial charge in [0.25, 0.3) is 0 Å². The number of benzene rings is 2. The van der Waals surface area contributed by atoms with Crippen LogP contribution in [0.2, 0.25) is 0 Å². The van der Waals surface area contributed by atoms with Gasteiger partial charge >= 0.3 is 6.18 Å². The fraction of sp³-hybridized carbons (Fsp3) is 0.292. The Balaban J connectivity index is 1.46. The van der Waals surface area contributed by atoms with Crippen LogP contribution in [0.15, 0.2) is 54.6 Å². The zero-order valence-corrected chi connectivity index (χ0v) is 17.7. The van der Waals surface area contributed by atoms with Crippen molar-refractivity contribution in [3.05, 3.63) is 87.3 Å². The Morgan fingerprint density at radius 1 is 1.10 bits per heavy atom. The minimum Gasteiger partial charge on any atom is -0.390 e. The maximum absolute atomic E-state index is 13.0. The van der Waals surface area contributed by atoms with E-state index in [2.05, 4.69) is 17.0 Å². The van der Waals surface area contributed by atoms with E-state index in [0.717, 1.165) is 55.0 Å². The molecule has 1 aliphatic rings. The number of nitrogens with zero attached hydrogens (tertiary/aromatic N) is 1. The Morgan fingerprint density at radius 2 is 1.87 bits per heavy atom. The molecule has 162 valence electrons. The normalized spacial score (nSPS) is 14.4. The van der Waals surface area contributed by atoms with E-state index in [4.69, 9.17) is 5.73 Å². The van der Waals surface area contributed by atoms with Crippen LogP contribution in [0.3, 0.4) is 0 Å². The molecule has 3 aromatic rings. The fourth-order valence-electron chi connectivity index (χ4n) is 4.05. The van der Waals surface area contributed by atoms with E-state index >= 15 is 0 Å². The molecule has 1 aromatic heterocycles. The Morgan fingerprint density at radius 3 is 2.61 bits per heavy atom. The van der Waals surface area contributed by atoms with Gasteiger partial charge in [-0.05, 0) is 49.1 Å². The molecule has 0 spiro atoms. The molecule has 2 N–H and O–H groups in total. The van der Waals surface area contributed by atoms with Crippen LogP contribution in [-0.4, -0.2) is 23.8 Å². The lowest BCUT2D eigenvalue weighted by Crippen LogP contribution is -2.31. The number of rotatable bonds is 6. The van der Waals surface area contributed by atoms with Crippen LogP contribution in [0.5, 0.6) is 0 Å². The third-order valence-electron chi connectivity index (χ3n) is 5.62. The molecule has 31 heavy (non-hydrogen) atoms. The molecule has 0 aliphatic carbocycles. The molecule has 0 radical (unpaired) electrons. The maximum atomic E-state index is 13.0. The van der Waals surface area contributed by atoms with Crippen molar-refractivity contribution in [2.45, 2.75) is 32.0 Å². The molecule has 0 fully saturated rings. The quantitative estimate of drug-likeness (QED) is 0.506. The average Bonchev–Trinajstić information content (AvgIpc) is 3.08. The van der Waals surface area contributed by atoms with Gasteiger partial charge in [-0.3, -0.25) is 9.69 Å². The SMILES string of the molecule is Nc1sc2c(c1C(=O)c1cccc(C(F)(F)F)c1)CCN(CCCc1ccccc1)C2. The number of hydrogen-bond donors (Lipinski definition) is 1. The van der Waals surface area contributed by atoms with Crippen molar-refractivity contribution < 1.29 is 18.0 Å². The average molecular weight is 445 g/mol. The molecule has 0 amide bonds. The van der Waals surface area contributed by atoms with E-state index in [1.807, 2.05) is 18.2 Å². The Bertz CT molecular complexity index is 1080. The summed E-state index contributed by atoms with van der Waals surface area (Å²) in [6, 6.07) is 14.9. The van der Waals surface area contributed by atoms with Crippen molar-refractivity contribution in [1.82, 2.24) is 4.90 Å². The Labute approximate surface area is 183 Å². The molecule has 0 atom stereocenters. The van der Waals surface area contributed by atoms with Crippen molar-refractivity contribution in [3.63, 3.8) is 0 Å². The zero-order valence-electron chi connectivity index (χ0n) is 16.9. The molecular weight excluding hydrogens is 421 g/mol. The van der Waals surface area contributed by atoms with E-state index in [1.165, 1.54) is 29.0 Å². The van der Waals surface area contributed by atoms with Crippen molar-refractivity contribution in [2.75, 3.05) is 18.8 Å². The fourth-order valence-corrected chi connectivity index (χ4v) is 5.21. The number of carbonyl (C=O) groups excluding carboxylic acids is 1. The van der Waals surface area contributed by atoms with Gasteiger partial charge in [-0.25, -0.2) is 0 Å². The van der Waals surface area contributed by atoms with E-state index in [1.54, 1.807) is 0 Å². The highest BCUT2D eigenvalue weighted by Crippen LogP contribution is 2.37. The molecule has 0 bridgehead atoms. The predicted octanol–water partition coefficient (Wildman–Crippen LogP) is 5.57. The first-order valence-electron chi connectivity index (χ1n) is 10.2. The topological polar surface area (TPSA) is 46.3 Å². The first-order valence-corrected chi connectivity index (χ1v) is 11.0. The summed E-state index contributed by atoms with van der Waals surface area (Å²) < 4.78 is 39.1. The van der Waals surface area contributed by atoms with Crippen LogP contribution >= 0.6 is 11.3 Å². The summed E-state index contributed by atoms with van der Waals surface area (Å²) in [4.78, 5) is 16.4. The lowest BCUT2D eigenvalue weighted by Gasteiger charge is -2.27. The number of anilines is 1. The smallest absolute Gasteiger partial charge is 0.390 e. The number of nitrogens with two attached hydrogens (primary N) is 1. The van der Waals surface area contributed by atoms with Gasteiger partial charge in [-0.15, -0.1) is 11.3 Å². The third-order valence-corrected chi connectivity index (χ3v) is 6.67. The van der Waals surface area contributed by atoms with Gasteiger partial charge in [0, 0.05) is 23.5 Å². The highest BCUT2D eigenvalue weighted by atomic mass is 32.1. The second-order valence-electron chi connectivity index (χ2n) is 7.77. The number of alkyl halides is 3. The summed E-state index contributed by atoms with van der Waals surface area (Å²) in [6.07, 6.45) is -1.77. The standard InChI is InChI=1S/C24H23F3N2OS/c25-24(26,27)18-10-4-9-17(14-18)22(30)21-19-11-13-29(15-20(19)31-23(21)28)12-5-8-16-6-2-1-3-7-16/h1-4,6-7,9-10,14H,5,8,11-13,15,28H2. The van der Waals surface area contributed by atoms with Crippen molar-refractivity contribution in [1.29, 1.82) is 0 Å². The lowest BCUT2D eigenvalue weighted by molar-refractivity contribution is -0.137. The van der Waals surface area contributed by atoms with Crippen molar-refractivity contribution in [3.8, 4) is 0 Å². The number of ketones is 1. The zero-order chi connectivity index (χ0) is 22.0. The van der Waals surface area contributed by atoms with E-state index in [-0.39, 0.29) is 5.56 Å². The second-order valence-corrected chi connectivity index (χ2v) is 8.90. The summed E-state index contributed by atoms with van der Waals surface area (Å²) in [5, 5.41) is 0.388. The molecule has 1 aliphatic heterocycles. The monoisotopic (exact) mass is 444 g/mol. The highest BCUT2D eigenvalue weighted by Gasteiger charge is 2.32. The van der Waals surface area contributed by atoms with Crippen LogP contribution in [0.4, 0.5) is 18.2 Å². The summed E-state index contributed by atoms with van der Waals surface area (Å²) in [7, 11) is 0. The van der Waals surface area contributed by atoms with Gasteiger partial charge in [0.2, 0.25) is 0 Å². The van der Waals surface area contributed by atoms with E-state index in [9.17, 15) is 18.0 Å². The summed E-state index contributed by atoms with van der Waals surface area (Å²) in [6.45, 7) is 2.47. The number of carbonyl (C=O) groups is 1. The van der Waals surface area contributed by atoms with E-state index < -0.39 is 17.5 Å². The molecule has 2 aromatic carbocycles. The van der Waals surface area contributed by atoms with Crippen LogP contribution in [0, 0.1) is 0 Å². The van der Waals surface area contributed by atoms with Gasteiger partial charge in [-0.1, -0.05) is 42.5 Å². The number of nitrogen functional groups attached to an aromatic ring is 1. The molecule has 0 saturated carbocycles. The predicted molar refractivity (Wildman–Crippen MR) is 117 cm³/mol. The number of hydrogen-bond acceptors (Lipinski definition) is 4. The number of halogens is 3. The van der Waals surface area contributed by atoms with Crippen LogP contribution < -0.4 is 5.73 Å². The van der Waals surface area contributed by atoms with E-state index in [0.29, 0.717) is 17.0 Å². The second kappa shape index (κ2) is 8.85.